The number of fused-ring (bicyclic) bond motifs is 2. The van der Waals surface area contributed by atoms with E-state index in [4.69, 9.17) is 11.5 Å². The summed E-state index contributed by atoms with van der Waals surface area (Å²) in [6.45, 7) is 8.01. The molecule has 0 amide bonds. The number of aryl methyl sites for hydroxylation is 4. The first-order chi connectivity index (χ1) is 12.3. The number of rotatable bonds is 0. The van der Waals surface area contributed by atoms with Gasteiger partial charge in [0.05, 0.1) is 0 Å². The zero-order chi connectivity index (χ0) is 18.8. The normalized spacial score (nSPS) is 9.52. The third-order valence-corrected chi connectivity index (χ3v) is 4.06. The maximum absolute atomic E-state index is 5.57. The zero-order valence-electron chi connectivity index (χ0n) is 16.5. The average molecular weight is 473 g/mol. The van der Waals surface area contributed by atoms with Gasteiger partial charge in [0.15, 0.2) is 11.3 Å². The summed E-state index contributed by atoms with van der Waals surface area (Å²) in [6, 6.07) is 11.6. The molecule has 0 saturated carbocycles. The quantitative estimate of drug-likeness (QED) is 0.278. The molecule has 0 unspecified atom stereocenters. The van der Waals surface area contributed by atoms with Crippen molar-refractivity contribution in [1.29, 1.82) is 0 Å². The molecule has 4 aromatic rings. The van der Waals surface area contributed by atoms with E-state index in [9.17, 15) is 0 Å². The maximum Gasteiger partial charge on any atom is 2.00 e. The van der Waals surface area contributed by atoms with E-state index in [-0.39, 0.29) is 41.9 Å². The molecule has 0 radical (unpaired) electrons. The molecule has 9 heteroatoms. The summed E-state index contributed by atoms with van der Waals surface area (Å²) in [6.07, 6.45) is 0. The predicted octanol–water partition coefficient (Wildman–Crippen LogP) is -2.34. The maximum atomic E-state index is 5.57. The SMILES string of the molecule is Cc1cc(C)c2ccc(N)nc2n1.Cc1cc(C)c2ccc(N)nc2n1.[Cl-].[Cl-].[Fe+2]. The van der Waals surface area contributed by atoms with Crippen LogP contribution in [-0.2, 0) is 17.1 Å². The number of hydrogen-bond acceptors (Lipinski definition) is 6. The molecule has 6 nitrogen and oxygen atoms in total. The van der Waals surface area contributed by atoms with Gasteiger partial charge in [0.25, 0.3) is 0 Å². The molecule has 0 saturated heterocycles. The van der Waals surface area contributed by atoms with Crippen LogP contribution in [0.4, 0.5) is 11.6 Å². The molecule has 29 heavy (non-hydrogen) atoms. The number of aromatic nitrogens is 4. The molecule has 0 aliphatic heterocycles. The minimum atomic E-state index is 0. The molecule has 0 aliphatic carbocycles. The Labute approximate surface area is 193 Å². The Morgan fingerprint density at radius 1 is 0.586 bits per heavy atom. The topological polar surface area (TPSA) is 104 Å². The largest absolute Gasteiger partial charge is 2.00 e. The van der Waals surface area contributed by atoms with Crippen molar-refractivity contribution in [1.82, 2.24) is 19.9 Å². The van der Waals surface area contributed by atoms with Crippen LogP contribution in [-0.4, -0.2) is 19.9 Å². The van der Waals surface area contributed by atoms with Gasteiger partial charge in [-0.2, -0.15) is 0 Å². The molecule has 0 fully saturated rings. The van der Waals surface area contributed by atoms with E-state index in [1.807, 2.05) is 38.1 Å². The standard InChI is InChI=1S/2C10H11N3.2ClH.Fe/c2*1-6-5-7(2)12-10-8(6)3-4-9(11)13-10;;;/h2*3-5H,1-2H3,(H2,11,12,13);2*1H;/q;;;;+2/p-2. The number of nitrogen functional groups attached to an aromatic ring is 2. The Bertz CT molecular complexity index is 1020. The minimum absolute atomic E-state index is 0. The number of halogens is 2. The fourth-order valence-corrected chi connectivity index (χ4v) is 2.89. The van der Waals surface area contributed by atoms with Crippen LogP contribution in [0.25, 0.3) is 22.1 Å². The Balaban J connectivity index is 0.000000490. The monoisotopic (exact) mass is 472 g/mol. The number of pyridine rings is 4. The van der Waals surface area contributed by atoms with Gasteiger partial charge < -0.3 is 36.3 Å². The Kier molecular flexibility index (Phi) is 10.3. The predicted molar refractivity (Wildman–Crippen MR) is 107 cm³/mol. The molecular formula is C20H22Cl2FeN6. The summed E-state index contributed by atoms with van der Waals surface area (Å²) in [5, 5.41) is 2.14. The zero-order valence-corrected chi connectivity index (χ0v) is 19.1. The molecule has 0 atom stereocenters. The van der Waals surface area contributed by atoms with Gasteiger partial charge in [-0.05, 0) is 75.2 Å². The van der Waals surface area contributed by atoms with Crippen LogP contribution in [0, 0.1) is 27.7 Å². The van der Waals surface area contributed by atoms with E-state index in [2.05, 4.69) is 33.8 Å². The van der Waals surface area contributed by atoms with Gasteiger partial charge in [-0.1, -0.05) is 0 Å². The molecule has 4 heterocycles. The molecule has 154 valence electrons. The number of anilines is 2. The van der Waals surface area contributed by atoms with Crippen LogP contribution in [0.3, 0.4) is 0 Å². The Morgan fingerprint density at radius 2 is 0.931 bits per heavy atom. The van der Waals surface area contributed by atoms with E-state index in [1.54, 1.807) is 12.1 Å². The van der Waals surface area contributed by atoms with Crippen LogP contribution in [0.15, 0.2) is 36.4 Å². The van der Waals surface area contributed by atoms with Crippen molar-refractivity contribution in [3.63, 3.8) is 0 Å². The summed E-state index contributed by atoms with van der Waals surface area (Å²) in [5.74, 6) is 1.04. The summed E-state index contributed by atoms with van der Waals surface area (Å²) in [5.41, 5.74) is 16.9. The van der Waals surface area contributed by atoms with Crippen molar-refractivity contribution in [2.75, 3.05) is 11.5 Å². The second-order valence-corrected chi connectivity index (χ2v) is 6.38. The van der Waals surface area contributed by atoms with Crippen molar-refractivity contribution in [2.24, 2.45) is 0 Å². The molecule has 0 bridgehead atoms. The van der Waals surface area contributed by atoms with E-state index in [0.717, 1.165) is 33.5 Å². The number of hydrogen-bond donors (Lipinski definition) is 2. The van der Waals surface area contributed by atoms with E-state index in [0.29, 0.717) is 11.6 Å². The summed E-state index contributed by atoms with van der Waals surface area (Å²) >= 11 is 0. The average Bonchev–Trinajstić information content (AvgIpc) is 2.54. The van der Waals surface area contributed by atoms with E-state index < -0.39 is 0 Å². The van der Waals surface area contributed by atoms with Crippen molar-refractivity contribution in [2.45, 2.75) is 27.7 Å². The van der Waals surface area contributed by atoms with E-state index >= 15 is 0 Å². The van der Waals surface area contributed by atoms with Gasteiger partial charge in [-0.25, -0.2) is 19.9 Å². The fourth-order valence-electron chi connectivity index (χ4n) is 2.89. The second kappa shape index (κ2) is 11.1. The molecule has 0 aromatic carbocycles. The van der Waals surface area contributed by atoms with Crippen LogP contribution in [0.1, 0.15) is 22.5 Å². The Morgan fingerprint density at radius 3 is 1.28 bits per heavy atom. The summed E-state index contributed by atoms with van der Waals surface area (Å²) in [7, 11) is 0. The van der Waals surface area contributed by atoms with Crippen LogP contribution in [0.5, 0.6) is 0 Å². The number of nitrogens with zero attached hydrogens (tertiary/aromatic N) is 4. The first-order valence-electron chi connectivity index (χ1n) is 8.34. The first kappa shape index (κ1) is 26.8. The molecule has 4 aromatic heterocycles. The minimum Gasteiger partial charge on any atom is -1.00 e. The van der Waals surface area contributed by atoms with Gasteiger partial charge >= 0.3 is 17.1 Å². The molecule has 0 spiro atoms. The second-order valence-electron chi connectivity index (χ2n) is 6.38. The van der Waals surface area contributed by atoms with E-state index in [1.165, 1.54) is 11.1 Å². The summed E-state index contributed by atoms with van der Waals surface area (Å²) < 4.78 is 0. The summed E-state index contributed by atoms with van der Waals surface area (Å²) in [4.78, 5) is 16.9. The van der Waals surface area contributed by atoms with Gasteiger partial charge in [-0.3, -0.25) is 0 Å². The van der Waals surface area contributed by atoms with Gasteiger partial charge in [-0.15, -0.1) is 0 Å². The van der Waals surface area contributed by atoms with Crippen LogP contribution in [0.2, 0.25) is 0 Å². The molecule has 0 aliphatic rings. The number of nitrogens with two attached hydrogens (primary N) is 2. The van der Waals surface area contributed by atoms with Crippen LogP contribution < -0.4 is 36.3 Å². The molecule has 4 rings (SSSR count). The van der Waals surface area contributed by atoms with Gasteiger partial charge in [0.1, 0.15) is 11.6 Å². The Hall–Kier alpha value is -2.18. The van der Waals surface area contributed by atoms with Gasteiger partial charge in [0.2, 0.25) is 0 Å². The smallest absolute Gasteiger partial charge is 1.00 e. The first-order valence-corrected chi connectivity index (χ1v) is 8.34. The van der Waals surface area contributed by atoms with Crippen molar-refractivity contribution in [3.8, 4) is 0 Å². The fraction of sp³-hybridized carbons (Fsp3) is 0.200. The molecular weight excluding hydrogens is 451 g/mol. The van der Waals surface area contributed by atoms with Crippen molar-refractivity contribution < 1.29 is 41.9 Å². The molecule has 4 N–H and O–H groups in total. The third-order valence-electron chi connectivity index (χ3n) is 4.06. The van der Waals surface area contributed by atoms with Crippen LogP contribution >= 0.6 is 0 Å². The third kappa shape index (κ3) is 6.41. The van der Waals surface area contributed by atoms with Gasteiger partial charge in [0, 0.05) is 22.2 Å². The van der Waals surface area contributed by atoms with Crippen molar-refractivity contribution in [3.05, 3.63) is 58.9 Å². The van der Waals surface area contributed by atoms with Crippen molar-refractivity contribution >= 4 is 33.7 Å².